The monoisotopic (exact) mass is 485 g/mol. The maximum absolute atomic E-state index is 12.7. The summed E-state index contributed by atoms with van der Waals surface area (Å²) in [5, 5.41) is 10.2. The van der Waals surface area contributed by atoms with E-state index in [1.165, 1.54) is 12.1 Å². The minimum absolute atomic E-state index is 0.0881. The number of nitrogens with one attached hydrogen (secondary N) is 1. The third kappa shape index (κ3) is 5.14. The highest BCUT2D eigenvalue weighted by molar-refractivity contribution is 9.08. The molecule has 0 amide bonds. The Morgan fingerprint density at radius 2 is 1.96 bits per heavy atom. The average Bonchev–Trinajstić information content (AvgIpc) is 2.65. The minimum Gasteiger partial charge on any atom is -0.481 e. The van der Waals surface area contributed by atoms with E-state index >= 15 is 0 Å². The van der Waals surface area contributed by atoms with Crippen LogP contribution in [0, 0.1) is 0 Å². The van der Waals surface area contributed by atoms with E-state index in [0.29, 0.717) is 29.6 Å². The first kappa shape index (κ1) is 21.3. The van der Waals surface area contributed by atoms with E-state index in [1.54, 1.807) is 12.1 Å². The summed E-state index contributed by atoms with van der Waals surface area (Å²) in [6.07, 6.45) is 2.56. The normalized spacial score (nSPS) is 16.6. The lowest BCUT2D eigenvalue weighted by molar-refractivity contribution is -0.136. The zero-order chi connectivity index (χ0) is 20.3. The van der Waals surface area contributed by atoms with Gasteiger partial charge in [0.15, 0.2) is 0 Å². The van der Waals surface area contributed by atoms with E-state index in [-0.39, 0.29) is 17.4 Å². The molecule has 1 aliphatic rings. The second-order valence-electron chi connectivity index (χ2n) is 6.93. The van der Waals surface area contributed by atoms with Gasteiger partial charge in [0.2, 0.25) is 10.0 Å². The predicted octanol–water partition coefficient (Wildman–Crippen LogP) is 4.09. The van der Waals surface area contributed by atoms with Crippen molar-refractivity contribution >= 4 is 43.5 Å². The summed E-state index contributed by atoms with van der Waals surface area (Å²) in [5.41, 5.74) is 4.37. The van der Waals surface area contributed by atoms with Gasteiger partial charge in [-0.1, -0.05) is 39.7 Å². The average molecular weight is 487 g/mol. The number of alkyl halides is 1. The number of carboxylic acid groups (broad SMARTS) is 1. The van der Waals surface area contributed by atoms with E-state index in [1.807, 2.05) is 0 Å². The van der Waals surface area contributed by atoms with Crippen molar-refractivity contribution in [3.8, 4) is 0 Å². The van der Waals surface area contributed by atoms with Crippen molar-refractivity contribution in [1.82, 2.24) is 4.72 Å². The first-order valence-electron chi connectivity index (χ1n) is 8.97. The minimum atomic E-state index is -3.62. The van der Waals surface area contributed by atoms with Crippen LogP contribution in [-0.2, 0) is 39.4 Å². The van der Waals surface area contributed by atoms with Gasteiger partial charge in [0.1, 0.15) is 0 Å². The molecular weight excluding hydrogens is 466 g/mol. The number of hydrogen-bond acceptors (Lipinski definition) is 3. The Hall–Kier alpha value is -1.41. The number of fused-ring (bicyclic) bond motifs is 1. The molecule has 0 saturated carbocycles. The highest BCUT2D eigenvalue weighted by Crippen LogP contribution is 2.29. The zero-order valence-corrected chi connectivity index (χ0v) is 18.3. The van der Waals surface area contributed by atoms with Crippen LogP contribution in [0.25, 0.3) is 0 Å². The van der Waals surface area contributed by atoms with Gasteiger partial charge in [-0.3, -0.25) is 4.79 Å². The molecule has 0 aliphatic heterocycles. The third-order valence-electron chi connectivity index (χ3n) is 4.91. The Balaban J connectivity index is 1.80. The molecule has 28 heavy (non-hydrogen) atoms. The molecule has 1 unspecified atom stereocenters. The molecule has 3 rings (SSSR count). The summed E-state index contributed by atoms with van der Waals surface area (Å²) in [4.78, 5) is 11.2. The van der Waals surface area contributed by atoms with E-state index in [2.05, 4.69) is 32.8 Å². The SMILES string of the molecule is O=C(O)CCc1cc(CBr)cc2c1CCC(NS(=O)(=O)c1ccc(Cl)cc1)C2. The third-order valence-corrected chi connectivity index (χ3v) is 7.35. The summed E-state index contributed by atoms with van der Waals surface area (Å²) >= 11 is 9.30. The lowest BCUT2D eigenvalue weighted by atomic mass is 9.83. The van der Waals surface area contributed by atoms with E-state index < -0.39 is 16.0 Å². The highest BCUT2D eigenvalue weighted by Gasteiger charge is 2.26. The number of rotatable bonds is 7. The number of carbonyl (C=O) groups is 1. The quantitative estimate of drug-likeness (QED) is 0.578. The molecular formula is C20H21BrClNO4S. The number of aliphatic carboxylic acids is 1. The molecule has 2 aromatic carbocycles. The molecule has 0 radical (unpaired) electrons. The van der Waals surface area contributed by atoms with Crippen molar-refractivity contribution in [3.63, 3.8) is 0 Å². The molecule has 1 atom stereocenters. The van der Waals surface area contributed by atoms with Crippen LogP contribution in [0.4, 0.5) is 0 Å². The van der Waals surface area contributed by atoms with Crippen LogP contribution < -0.4 is 4.72 Å². The smallest absolute Gasteiger partial charge is 0.303 e. The molecule has 0 spiro atoms. The van der Waals surface area contributed by atoms with E-state index in [4.69, 9.17) is 16.7 Å². The van der Waals surface area contributed by atoms with Gasteiger partial charge in [0.25, 0.3) is 0 Å². The summed E-state index contributed by atoms with van der Waals surface area (Å²) in [7, 11) is -3.62. The fourth-order valence-electron chi connectivity index (χ4n) is 3.60. The first-order valence-corrected chi connectivity index (χ1v) is 12.0. The van der Waals surface area contributed by atoms with Gasteiger partial charge < -0.3 is 5.11 Å². The second kappa shape index (κ2) is 8.95. The summed E-state index contributed by atoms with van der Waals surface area (Å²) in [6, 6.07) is 10.0. The Morgan fingerprint density at radius 3 is 2.61 bits per heavy atom. The molecule has 8 heteroatoms. The molecule has 0 bridgehead atoms. The van der Waals surface area contributed by atoms with Crippen LogP contribution in [0.5, 0.6) is 0 Å². The number of benzene rings is 2. The van der Waals surface area contributed by atoms with Gasteiger partial charge in [0.05, 0.1) is 4.90 Å². The molecule has 150 valence electrons. The van der Waals surface area contributed by atoms with Crippen molar-refractivity contribution in [1.29, 1.82) is 0 Å². The molecule has 2 N–H and O–H groups in total. The first-order chi connectivity index (χ1) is 13.3. The lowest BCUT2D eigenvalue weighted by Gasteiger charge is -2.28. The largest absolute Gasteiger partial charge is 0.481 e. The topological polar surface area (TPSA) is 83.5 Å². The molecule has 0 heterocycles. The van der Waals surface area contributed by atoms with Crippen LogP contribution >= 0.6 is 27.5 Å². The van der Waals surface area contributed by atoms with Gasteiger partial charge in [-0.15, -0.1) is 0 Å². The lowest BCUT2D eigenvalue weighted by Crippen LogP contribution is -2.39. The Kier molecular flexibility index (Phi) is 6.81. The van der Waals surface area contributed by atoms with Crippen molar-refractivity contribution in [2.75, 3.05) is 0 Å². The van der Waals surface area contributed by atoms with E-state index in [0.717, 1.165) is 28.7 Å². The standard InChI is InChI=1S/C20H21BrClNO4S/c21-12-13-9-14(1-8-20(24)25)19-7-4-17(11-15(19)10-13)23-28(26,27)18-5-2-16(22)3-6-18/h2-3,5-6,9-10,17,23H,1,4,7-8,11-12H2,(H,24,25). The summed E-state index contributed by atoms with van der Waals surface area (Å²) in [5.74, 6) is -0.817. The van der Waals surface area contributed by atoms with Crippen LogP contribution in [0.1, 0.15) is 35.1 Å². The maximum Gasteiger partial charge on any atom is 0.303 e. The Bertz CT molecular complexity index is 976. The number of aryl methyl sites for hydroxylation is 1. The van der Waals surface area contributed by atoms with Crippen LogP contribution in [0.3, 0.4) is 0 Å². The molecule has 5 nitrogen and oxygen atoms in total. The second-order valence-corrected chi connectivity index (χ2v) is 9.65. The summed E-state index contributed by atoms with van der Waals surface area (Å²) in [6.45, 7) is 0. The van der Waals surface area contributed by atoms with Gasteiger partial charge in [-0.25, -0.2) is 13.1 Å². The number of hydrogen-bond donors (Lipinski definition) is 2. The molecule has 2 aromatic rings. The maximum atomic E-state index is 12.7. The number of sulfonamides is 1. The Labute approximate surface area is 178 Å². The predicted molar refractivity (Wildman–Crippen MR) is 113 cm³/mol. The Morgan fingerprint density at radius 1 is 1.25 bits per heavy atom. The summed E-state index contributed by atoms with van der Waals surface area (Å²) < 4.78 is 28.1. The molecule has 0 saturated heterocycles. The van der Waals surface area contributed by atoms with Crippen LogP contribution in [0.15, 0.2) is 41.3 Å². The van der Waals surface area contributed by atoms with Crippen molar-refractivity contribution in [2.45, 2.75) is 48.4 Å². The van der Waals surface area contributed by atoms with Crippen molar-refractivity contribution in [3.05, 3.63) is 63.7 Å². The fraction of sp³-hybridized carbons (Fsp3) is 0.350. The molecule has 1 aliphatic carbocycles. The van der Waals surface area contributed by atoms with Crippen LogP contribution in [0.2, 0.25) is 5.02 Å². The van der Waals surface area contributed by atoms with Gasteiger partial charge in [-0.2, -0.15) is 0 Å². The molecule has 0 fully saturated rings. The van der Waals surface area contributed by atoms with E-state index in [9.17, 15) is 13.2 Å². The van der Waals surface area contributed by atoms with Gasteiger partial charge >= 0.3 is 5.97 Å². The molecule has 0 aromatic heterocycles. The number of carboxylic acids is 1. The fourth-order valence-corrected chi connectivity index (χ4v) is 5.32. The van der Waals surface area contributed by atoms with Gasteiger partial charge in [0, 0.05) is 22.8 Å². The highest BCUT2D eigenvalue weighted by atomic mass is 79.9. The zero-order valence-electron chi connectivity index (χ0n) is 15.1. The van der Waals surface area contributed by atoms with Gasteiger partial charge in [-0.05, 0) is 72.2 Å². The van der Waals surface area contributed by atoms with Crippen molar-refractivity contribution < 1.29 is 18.3 Å². The number of halogens is 2. The van der Waals surface area contributed by atoms with Crippen molar-refractivity contribution in [2.24, 2.45) is 0 Å². The van der Waals surface area contributed by atoms with Crippen LogP contribution in [-0.4, -0.2) is 25.5 Å².